The summed E-state index contributed by atoms with van der Waals surface area (Å²) in [5, 5.41) is 2.96. The number of carbonyl (C=O) groups excluding carboxylic acids is 2. The lowest BCUT2D eigenvalue weighted by Crippen LogP contribution is -2.63. The highest BCUT2D eigenvalue weighted by Crippen LogP contribution is 2.41. The highest BCUT2D eigenvalue weighted by Gasteiger charge is 2.40. The summed E-state index contributed by atoms with van der Waals surface area (Å²) in [5.41, 5.74) is 2.69. The number of carbonyl (C=O) groups is 2. The Hall–Kier alpha value is -2.28. The number of likely N-dealkylation sites (tertiary alicyclic amines) is 2. The summed E-state index contributed by atoms with van der Waals surface area (Å²) in [5.74, 6) is 1.28. The highest BCUT2D eigenvalue weighted by atomic mass is 16.5. The molecule has 0 bridgehead atoms. The Morgan fingerprint density at radius 1 is 1.21 bits per heavy atom. The third kappa shape index (κ3) is 3.35. The van der Waals surface area contributed by atoms with Gasteiger partial charge in [-0.3, -0.25) is 4.79 Å². The molecule has 1 N–H and O–H groups in total. The maximum atomic E-state index is 12.9. The molecule has 4 aliphatic heterocycles. The van der Waals surface area contributed by atoms with E-state index in [0.29, 0.717) is 19.0 Å². The van der Waals surface area contributed by atoms with Gasteiger partial charge in [-0.1, -0.05) is 26.0 Å². The van der Waals surface area contributed by atoms with Crippen LogP contribution in [0.2, 0.25) is 0 Å². The maximum Gasteiger partial charge on any atom is 0.320 e. The zero-order valence-corrected chi connectivity index (χ0v) is 17.1. The minimum absolute atomic E-state index is 0.0296. The largest absolute Gasteiger partial charge is 0.493 e. The normalized spacial score (nSPS) is 28.6. The Morgan fingerprint density at radius 2 is 2.03 bits per heavy atom. The van der Waals surface area contributed by atoms with Gasteiger partial charge in [0.2, 0.25) is 5.91 Å². The summed E-state index contributed by atoms with van der Waals surface area (Å²) in [7, 11) is 0. The second kappa shape index (κ2) is 6.90. The molecule has 4 heterocycles. The van der Waals surface area contributed by atoms with E-state index in [1.807, 2.05) is 9.80 Å². The van der Waals surface area contributed by atoms with E-state index in [1.165, 1.54) is 11.1 Å². The van der Waals surface area contributed by atoms with Crippen molar-refractivity contribution < 1.29 is 19.1 Å². The smallest absolute Gasteiger partial charge is 0.320 e. The van der Waals surface area contributed by atoms with Gasteiger partial charge < -0.3 is 24.6 Å². The third-order valence-electron chi connectivity index (χ3n) is 6.94. The Balaban J connectivity index is 1.21. The number of fused-ring (bicyclic) bond motifs is 2. The average Bonchev–Trinajstić information content (AvgIpc) is 2.66. The van der Waals surface area contributed by atoms with Gasteiger partial charge in [0.15, 0.2) is 0 Å². The first-order valence-electron chi connectivity index (χ1n) is 10.6. The van der Waals surface area contributed by atoms with Crippen LogP contribution in [-0.2, 0) is 14.9 Å². The highest BCUT2D eigenvalue weighted by molar-refractivity contribution is 5.79. The van der Waals surface area contributed by atoms with Gasteiger partial charge in [0.25, 0.3) is 0 Å². The Labute approximate surface area is 171 Å². The number of piperidine rings is 1. The molecule has 3 amide bonds. The molecule has 0 unspecified atom stereocenters. The van der Waals surface area contributed by atoms with E-state index in [0.717, 1.165) is 38.3 Å². The molecule has 156 valence electrons. The van der Waals surface area contributed by atoms with Crippen LogP contribution in [0, 0.1) is 0 Å². The number of hydrogen-bond donors (Lipinski definition) is 1. The molecule has 4 aliphatic rings. The number of rotatable bonds is 1. The summed E-state index contributed by atoms with van der Waals surface area (Å²) in [6, 6.07) is 6.50. The summed E-state index contributed by atoms with van der Waals surface area (Å²) < 4.78 is 11.4. The van der Waals surface area contributed by atoms with Crippen LogP contribution in [0.4, 0.5) is 4.79 Å². The molecule has 0 saturated carbocycles. The second-order valence-corrected chi connectivity index (χ2v) is 9.38. The van der Waals surface area contributed by atoms with E-state index >= 15 is 0 Å². The van der Waals surface area contributed by atoms with Crippen LogP contribution in [0.3, 0.4) is 0 Å². The van der Waals surface area contributed by atoms with E-state index in [2.05, 4.69) is 37.4 Å². The van der Waals surface area contributed by atoms with Gasteiger partial charge >= 0.3 is 6.03 Å². The number of urea groups is 1. The predicted octanol–water partition coefficient (Wildman–Crippen LogP) is 1.86. The molecule has 29 heavy (non-hydrogen) atoms. The van der Waals surface area contributed by atoms with Crippen LogP contribution in [0.15, 0.2) is 18.2 Å². The summed E-state index contributed by atoms with van der Waals surface area (Å²) >= 11 is 0. The lowest BCUT2D eigenvalue weighted by Gasteiger charge is -2.46. The van der Waals surface area contributed by atoms with E-state index < -0.39 is 0 Å². The van der Waals surface area contributed by atoms with Gasteiger partial charge in [-0.2, -0.15) is 0 Å². The molecule has 7 nitrogen and oxygen atoms in total. The molecule has 0 spiro atoms. The summed E-state index contributed by atoms with van der Waals surface area (Å²) in [4.78, 5) is 28.3. The van der Waals surface area contributed by atoms with E-state index in [1.54, 1.807) is 0 Å². The van der Waals surface area contributed by atoms with E-state index in [9.17, 15) is 9.59 Å². The standard InChI is InChI=1S/C22H29N3O4/c1-22(2)6-8-28-18-4-3-14(9-16(18)22)15-10-25(11-15)21(27)24-7-5-19-17(12-24)23-20(26)13-29-19/h3-4,9,15,17,19H,5-8,10-13H2,1-2H3,(H,23,26)/t17-,19+/m1/s1. The summed E-state index contributed by atoms with van der Waals surface area (Å²) in [6.45, 7) is 8.14. The zero-order chi connectivity index (χ0) is 20.2. The molecule has 3 fully saturated rings. The fourth-order valence-electron chi connectivity index (χ4n) is 4.93. The van der Waals surface area contributed by atoms with Crippen LogP contribution in [0.25, 0.3) is 0 Å². The first-order valence-corrected chi connectivity index (χ1v) is 10.6. The molecule has 1 aromatic rings. The van der Waals surface area contributed by atoms with Crippen LogP contribution < -0.4 is 10.1 Å². The molecule has 7 heteroatoms. The van der Waals surface area contributed by atoms with Crippen molar-refractivity contribution in [3.8, 4) is 5.75 Å². The van der Waals surface area contributed by atoms with Crippen molar-refractivity contribution in [3.63, 3.8) is 0 Å². The predicted molar refractivity (Wildman–Crippen MR) is 107 cm³/mol. The molecule has 2 atom stereocenters. The van der Waals surface area contributed by atoms with E-state index in [4.69, 9.17) is 9.47 Å². The minimum Gasteiger partial charge on any atom is -0.493 e. The monoisotopic (exact) mass is 399 g/mol. The number of nitrogens with zero attached hydrogens (tertiary/aromatic N) is 2. The van der Waals surface area contributed by atoms with Crippen LogP contribution in [0.5, 0.6) is 5.75 Å². The molecular formula is C22H29N3O4. The van der Waals surface area contributed by atoms with Gasteiger partial charge in [-0.05, 0) is 29.9 Å². The zero-order valence-electron chi connectivity index (χ0n) is 17.1. The van der Waals surface area contributed by atoms with Crippen LogP contribution in [-0.4, -0.2) is 73.3 Å². The number of amides is 3. The number of morpholine rings is 1. The Bertz CT molecular complexity index is 833. The fourth-order valence-corrected chi connectivity index (χ4v) is 4.93. The van der Waals surface area contributed by atoms with E-state index in [-0.39, 0.29) is 36.1 Å². The fraction of sp³-hybridized carbons (Fsp3) is 0.636. The van der Waals surface area contributed by atoms with Crippen molar-refractivity contribution in [2.75, 3.05) is 39.4 Å². The number of ether oxygens (including phenoxy) is 2. The topological polar surface area (TPSA) is 71.1 Å². The molecular weight excluding hydrogens is 370 g/mol. The molecule has 0 aromatic heterocycles. The lowest BCUT2D eigenvalue weighted by atomic mass is 9.77. The lowest BCUT2D eigenvalue weighted by molar-refractivity contribution is -0.139. The average molecular weight is 399 g/mol. The molecule has 0 aliphatic carbocycles. The van der Waals surface area contributed by atoms with Gasteiger partial charge in [-0.15, -0.1) is 0 Å². The van der Waals surface area contributed by atoms with Crippen molar-refractivity contribution in [2.24, 2.45) is 0 Å². The Morgan fingerprint density at radius 3 is 2.86 bits per heavy atom. The van der Waals surface area contributed by atoms with Crippen molar-refractivity contribution in [1.82, 2.24) is 15.1 Å². The third-order valence-corrected chi connectivity index (χ3v) is 6.94. The van der Waals surface area contributed by atoms with Gasteiger partial charge in [0.1, 0.15) is 12.4 Å². The van der Waals surface area contributed by atoms with Gasteiger partial charge in [-0.25, -0.2) is 4.79 Å². The SMILES string of the molecule is CC1(C)CCOc2ccc(C3CN(C(=O)N4CC[C@@H]5OCC(=O)N[C@@H]5C4)C3)cc21. The first kappa shape index (κ1) is 18.7. The number of hydrogen-bond acceptors (Lipinski definition) is 4. The second-order valence-electron chi connectivity index (χ2n) is 9.38. The molecule has 3 saturated heterocycles. The van der Waals surface area contributed by atoms with Crippen molar-refractivity contribution >= 4 is 11.9 Å². The quantitative estimate of drug-likeness (QED) is 0.783. The maximum absolute atomic E-state index is 12.9. The summed E-state index contributed by atoms with van der Waals surface area (Å²) in [6.07, 6.45) is 1.83. The minimum atomic E-state index is -0.0936. The number of nitrogens with one attached hydrogen (secondary N) is 1. The molecule has 0 radical (unpaired) electrons. The van der Waals surface area contributed by atoms with Crippen LogP contribution >= 0.6 is 0 Å². The number of benzene rings is 1. The first-order chi connectivity index (χ1) is 13.9. The van der Waals surface area contributed by atoms with Crippen molar-refractivity contribution in [3.05, 3.63) is 29.3 Å². The molecule has 5 rings (SSSR count). The van der Waals surface area contributed by atoms with Crippen molar-refractivity contribution in [2.45, 2.75) is 50.2 Å². The van der Waals surface area contributed by atoms with Crippen molar-refractivity contribution in [1.29, 1.82) is 0 Å². The Kier molecular flexibility index (Phi) is 4.46. The van der Waals surface area contributed by atoms with Gasteiger partial charge in [0.05, 0.1) is 18.8 Å². The van der Waals surface area contributed by atoms with Gasteiger partial charge in [0, 0.05) is 37.7 Å². The van der Waals surface area contributed by atoms with Crippen LogP contribution in [0.1, 0.15) is 43.7 Å². The molecule has 1 aromatic carbocycles.